The van der Waals surface area contributed by atoms with Gasteiger partial charge >= 0.3 is 5.97 Å². The summed E-state index contributed by atoms with van der Waals surface area (Å²) >= 11 is 0. The van der Waals surface area contributed by atoms with Crippen LogP contribution in [0.15, 0.2) is 90.1 Å². The van der Waals surface area contributed by atoms with Gasteiger partial charge in [-0.2, -0.15) is 0 Å². The van der Waals surface area contributed by atoms with E-state index in [2.05, 4.69) is 5.16 Å². The number of carboxylic acid groups (broad SMARTS) is 1. The highest BCUT2D eigenvalue weighted by molar-refractivity contribution is 6.01. The molecule has 0 saturated heterocycles. The number of nitrogens with zero attached hydrogens (tertiary/aromatic N) is 1. The van der Waals surface area contributed by atoms with E-state index in [1.165, 1.54) is 0 Å². The van der Waals surface area contributed by atoms with E-state index in [0.29, 0.717) is 25.3 Å². The van der Waals surface area contributed by atoms with Crippen LogP contribution >= 0.6 is 0 Å². The minimum Gasteiger partial charge on any atom is -0.489 e. The van der Waals surface area contributed by atoms with Crippen LogP contribution in [0.1, 0.15) is 29.5 Å². The van der Waals surface area contributed by atoms with Crippen LogP contribution in [0.3, 0.4) is 0 Å². The van der Waals surface area contributed by atoms with Crippen LogP contribution in [0.25, 0.3) is 0 Å². The molecular formula is C24H23NO4. The van der Waals surface area contributed by atoms with E-state index in [0.717, 1.165) is 22.4 Å². The zero-order valence-electron chi connectivity index (χ0n) is 16.0. The fourth-order valence-electron chi connectivity index (χ4n) is 2.71. The predicted octanol–water partition coefficient (Wildman–Crippen LogP) is 5.05. The fourth-order valence-corrected chi connectivity index (χ4v) is 2.71. The Morgan fingerprint density at radius 1 is 0.759 bits per heavy atom. The van der Waals surface area contributed by atoms with Crippen molar-refractivity contribution >= 4 is 11.7 Å². The number of hydrogen-bond acceptors (Lipinski definition) is 4. The number of rotatable bonds is 10. The molecule has 0 radical (unpaired) electrons. The Bertz CT molecular complexity index is 922. The highest BCUT2D eigenvalue weighted by Crippen LogP contribution is 2.15. The summed E-state index contributed by atoms with van der Waals surface area (Å²) in [5, 5.41) is 13.1. The zero-order chi connectivity index (χ0) is 20.3. The molecule has 148 valence electrons. The summed E-state index contributed by atoms with van der Waals surface area (Å²) in [6.45, 7) is 0.813. The molecule has 0 saturated carbocycles. The molecule has 0 aliphatic rings. The highest BCUT2D eigenvalue weighted by atomic mass is 16.6. The Morgan fingerprint density at radius 3 is 2.03 bits per heavy atom. The van der Waals surface area contributed by atoms with Crippen molar-refractivity contribution in [3.8, 4) is 5.75 Å². The third-order valence-electron chi connectivity index (χ3n) is 4.26. The van der Waals surface area contributed by atoms with Gasteiger partial charge in [-0.3, -0.25) is 4.79 Å². The molecule has 0 unspecified atom stereocenters. The van der Waals surface area contributed by atoms with E-state index in [4.69, 9.17) is 14.7 Å². The van der Waals surface area contributed by atoms with Gasteiger partial charge in [0.05, 0.1) is 12.1 Å². The van der Waals surface area contributed by atoms with Crippen LogP contribution in [-0.2, 0) is 22.8 Å². The summed E-state index contributed by atoms with van der Waals surface area (Å²) in [5.74, 6) is -0.0766. The van der Waals surface area contributed by atoms with Gasteiger partial charge in [0.1, 0.15) is 19.0 Å². The molecule has 0 aliphatic heterocycles. The van der Waals surface area contributed by atoms with E-state index in [1.54, 1.807) is 0 Å². The summed E-state index contributed by atoms with van der Waals surface area (Å²) in [7, 11) is 0. The van der Waals surface area contributed by atoms with Crippen LogP contribution in [-0.4, -0.2) is 16.8 Å². The topological polar surface area (TPSA) is 68.1 Å². The fraction of sp³-hybridized carbons (Fsp3) is 0.167. The van der Waals surface area contributed by atoms with Gasteiger partial charge in [-0.1, -0.05) is 78.0 Å². The van der Waals surface area contributed by atoms with Crippen molar-refractivity contribution in [2.24, 2.45) is 5.16 Å². The van der Waals surface area contributed by atoms with Crippen molar-refractivity contribution in [1.29, 1.82) is 0 Å². The van der Waals surface area contributed by atoms with Gasteiger partial charge in [-0.25, -0.2) is 0 Å². The number of benzene rings is 3. The van der Waals surface area contributed by atoms with Crippen LogP contribution in [0.5, 0.6) is 5.75 Å². The standard InChI is InChI=1S/C24H23NO4/c26-24(27)16-15-23(21-9-5-2-6-10-21)25-29-18-20-11-13-22(14-12-20)28-17-19-7-3-1-4-8-19/h1-14H,15-18H2,(H,26,27). The van der Waals surface area contributed by atoms with Crippen molar-refractivity contribution in [2.45, 2.75) is 26.1 Å². The van der Waals surface area contributed by atoms with E-state index < -0.39 is 5.97 Å². The molecule has 5 nitrogen and oxygen atoms in total. The third kappa shape index (κ3) is 6.81. The Hall–Kier alpha value is -3.60. The number of oxime groups is 1. The molecular weight excluding hydrogens is 366 g/mol. The predicted molar refractivity (Wildman–Crippen MR) is 112 cm³/mol. The zero-order valence-corrected chi connectivity index (χ0v) is 16.0. The lowest BCUT2D eigenvalue weighted by atomic mass is 10.1. The number of ether oxygens (including phenoxy) is 1. The maximum atomic E-state index is 10.9. The number of aliphatic carboxylic acids is 1. The van der Waals surface area contributed by atoms with Crippen molar-refractivity contribution in [2.75, 3.05) is 0 Å². The number of carbonyl (C=O) groups is 1. The monoisotopic (exact) mass is 389 g/mol. The molecule has 0 bridgehead atoms. The molecule has 3 rings (SSSR count). The second kappa shape index (κ2) is 10.7. The Balaban J connectivity index is 1.55. The maximum absolute atomic E-state index is 10.9. The summed E-state index contributed by atoms with van der Waals surface area (Å²) in [6.07, 6.45) is 0.316. The SMILES string of the molecule is O=C(O)CCC(=NOCc1ccc(OCc2ccccc2)cc1)c1ccccc1. The maximum Gasteiger partial charge on any atom is 0.303 e. The van der Waals surface area contributed by atoms with Gasteiger partial charge < -0.3 is 14.7 Å². The van der Waals surface area contributed by atoms with Crippen molar-refractivity contribution in [1.82, 2.24) is 0 Å². The van der Waals surface area contributed by atoms with Gasteiger partial charge in [0.15, 0.2) is 0 Å². The second-order valence-electron chi connectivity index (χ2n) is 6.49. The summed E-state index contributed by atoms with van der Waals surface area (Å²) < 4.78 is 5.78. The largest absolute Gasteiger partial charge is 0.489 e. The number of hydrogen-bond donors (Lipinski definition) is 1. The first-order chi connectivity index (χ1) is 14.2. The Kier molecular flexibility index (Phi) is 7.41. The van der Waals surface area contributed by atoms with Crippen LogP contribution < -0.4 is 4.74 Å². The molecule has 0 spiro atoms. The summed E-state index contributed by atoms with van der Waals surface area (Å²) in [6, 6.07) is 27.1. The van der Waals surface area contributed by atoms with E-state index in [9.17, 15) is 4.79 Å². The van der Waals surface area contributed by atoms with Crippen molar-refractivity contribution in [3.63, 3.8) is 0 Å². The molecule has 5 heteroatoms. The number of carboxylic acids is 1. The molecule has 0 aliphatic carbocycles. The van der Waals surface area contributed by atoms with Gasteiger partial charge in [0, 0.05) is 6.42 Å². The Morgan fingerprint density at radius 2 is 1.38 bits per heavy atom. The first-order valence-corrected chi connectivity index (χ1v) is 9.42. The van der Waals surface area contributed by atoms with Crippen LogP contribution in [0.2, 0.25) is 0 Å². The lowest BCUT2D eigenvalue weighted by molar-refractivity contribution is -0.136. The van der Waals surface area contributed by atoms with Crippen LogP contribution in [0.4, 0.5) is 0 Å². The summed E-state index contributed by atoms with van der Waals surface area (Å²) in [4.78, 5) is 16.4. The molecule has 0 atom stereocenters. The van der Waals surface area contributed by atoms with Crippen LogP contribution in [0, 0.1) is 0 Å². The quantitative estimate of drug-likeness (QED) is 0.389. The molecule has 29 heavy (non-hydrogen) atoms. The molecule has 0 aromatic heterocycles. The van der Waals surface area contributed by atoms with E-state index >= 15 is 0 Å². The third-order valence-corrected chi connectivity index (χ3v) is 4.26. The molecule has 0 heterocycles. The smallest absolute Gasteiger partial charge is 0.303 e. The average molecular weight is 389 g/mol. The van der Waals surface area contributed by atoms with Crippen molar-refractivity contribution < 1.29 is 19.5 Å². The lowest BCUT2D eigenvalue weighted by Gasteiger charge is -2.08. The first-order valence-electron chi connectivity index (χ1n) is 9.42. The Labute approximate surface area is 170 Å². The minimum absolute atomic E-state index is 0.00450. The van der Waals surface area contributed by atoms with Crippen molar-refractivity contribution in [3.05, 3.63) is 102 Å². The average Bonchev–Trinajstić information content (AvgIpc) is 2.76. The summed E-state index contributed by atoms with van der Waals surface area (Å²) in [5.41, 5.74) is 3.55. The van der Waals surface area contributed by atoms with E-state index in [1.807, 2.05) is 84.9 Å². The first kappa shape index (κ1) is 20.1. The molecule has 1 N–H and O–H groups in total. The lowest BCUT2D eigenvalue weighted by Crippen LogP contribution is -2.06. The molecule has 3 aromatic rings. The normalized spacial score (nSPS) is 11.1. The molecule has 3 aromatic carbocycles. The van der Waals surface area contributed by atoms with E-state index in [-0.39, 0.29) is 6.42 Å². The highest BCUT2D eigenvalue weighted by Gasteiger charge is 2.07. The minimum atomic E-state index is -0.861. The van der Waals surface area contributed by atoms with Gasteiger partial charge in [0.25, 0.3) is 0 Å². The van der Waals surface area contributed by atoms with Gasteiger partial charge in [-0.15, -0.1) is 0 Å². The molecule has 0 fully saturated rings. The van der Waals surface area contributed by atoms with Gasteiger partial charge in [0.2, 0.25) is 0 Å². The molecule has 0 amide bonds. The van der Waals surface area contributed by atoms with Gasteiger partial charge in [-0.05, 0) is 28.8 Å². The second-order valence-corrected chi connectivity index (χ2v) is 6.49.